The molecule has 3 N–H and O–H groups in total. The van der Waals surface area contributed by atoms with E-state index in [1.54, 1.807) is 43.3 Å². The van der Waals surface area contributed by atoms with Crippen molar-refractivity contribution in [3.05, 3.63) is 48.2 Å². The van der Waals surface area contributed by atoms with E-state index in [4.69, 9.17) is 0 Å². The number of carbonyl (C=O) groups excluding carboxylic acids is 1. The lowest BCUT2D eigenvalue weighted by Gasteiger charge is -2.08. The van der Waals surface area contributed by atoms with Crippen LogP contribution in [0.3, 0.4) is 0 Å². The number of rotatable bonds is 3. The molecular weight excluding hydrogens is 244 g/mol. The van der Waals surface area contributed by atoms with Crippen molar-refractivity contribution in [2.45, 2.75) is 13.0 Å². The molecule has 0 fully saturated rings. The van der Waals surface area contributed by atoms with Gasteiger partial charge in [0.25, 0.3) is 0 Å². The molecule has 6 nitrogen and oxygen atoms in total. The molecule has 0 aliphatic carbocycles. The van der Waals surface area contributed by atoms with Crippen LogP contribution in [0.4, 0.5) is 16.3 Å². The van der Waals surface area contributed by atoms with Gasteiger partial charge in [0.05, 0.1) is 6.10 Å². The highest BCUT2D eigenvalue weighted by atomic mass is 16.3. The third-order valence-corrected chi connectivity index (χ3v) is 2.46. The average molecular weight is 258 g/mol. The Labute approximate surface area is 110 Å². The Hall–Kier alpha value is -2.47. The molecule has 2 rings (SSSR count). The second-order valence-electron chi connectivity index (χ2n) is 3.99. The van der Waals surface area contributed by atoms with Crippen molar-refractivity contribution in [2.75, 3.05) is 10.6 Å². The molecule has 0 spiro atoms. The number of aliphatic hydroxyl groups excluding tert-OH is 1. The second-order valence-corrected chi connectivity index (χ2v) is 3.99. The molecule has 0 saturated carbocycles. The molecule has 1 aromatic heterocycles. The van der Waals surface area contributed by atoms with Crippen LogP contribution in [-0.4, -0.2) is 21.3 Å². The van der Waals surface area contributed by atoms with Gasteiger partial charge in [0.2, 0.25) is 0 Å². The summed E-state index contributed by atoms with van der Waals surface area (Å²) in [5.74, 6) is 0.376. The Kier molecular flexibility index (Phi) is 4.04. The van der Waals surface area contributed by atoms with E-state index in [1.807, 2.05) is 0 Å². The van der Waals surface area contributed by atoms with Crippen LogP contribution in [0.25, 0.3) is 0 Å². The van der Waals surface area contributed by atoms with Crippen molar-refractivity contribution in [1.29, 1.82) is 0 Å². The maximum Gasteiger partial charge on any atom is 0.324 e. The SMILES string of the molecule is CC(O)c1ccc(NC(=O)Nc2cccnn2)cc1. The Bertz CT molecular complexity index is 540. The van der Waals surface area contributed by atoms with Crippen LogP contribution in [-0.2, 0) is 0 Å². The topological polar surface area (TPSA) is 87.1 Å². The van der Waals surface area contributed by atoms with Crippen molar-refractivity contribution < 1.29 is 9.90 Å². The number of aromatic nitrogens is 2. The monoisotopic (exact) mass is 258 g/mol. The lowest BCUT2D eigenvalue weighted by atomic mass is 10.1. The van der Waals surface area contributed by atoms with Crippen molar-refractivity contribution >= 4 is 17.5 Å². The summed E-state index contributed by atoms with van der Waals surface area (Å²) < 4.78 is 0. The normalized spacial score (nSPS) is 11.7. The number of nitrogens with one attached hydrogen (secondary N) is 2. The predicted octanol–water partition coefficient (Wildman–Crippen LogP) is 2.17. The number of benzene rings is 1. The molecule has 98 valence electrons. The van der Waals surface area contributed by atoms with Gasteiger partial charge in [-0.1, -0.05) is 12.1 Å². The highest BCUT2D eigenvalue weighted by Gasteiger charge is 2.04. The van der Waals surface area contributed by atoms with Gasteiger partial charge in [-0.3, -0.25) is 5.32 Å². The minimum Gasteiger partial charge on any atom is -0.389 e. The molecule has 0 bridgehead atoms. The first kappa shape index (κ1) is 13.0. The average Bonchev–Trinajstić information content (AvgIpc) is 2.40. The van der Waals surface area contributed by atoms with Crippen molar-refractivity contribution in [1.82, 2.24) is 10.2 Å². The van der Waals surface area contributed by atoms with Crippen LogP contribution in [0.2, 0.25) is 0 Å². The van der Waals surface area contributed by atoms with Gasteiger partial charge in [-0.25, -0.2) is 4.79 Å². The Morgan fingerprint density at radius 2 is 1.95 bits per heavy atom. The maximum absolute atomic E-state index is 11.7. The van der Waals surface area contributed by atoms with Crippen LogP contribution in [0.1, 0.15) is 18.6 Å². The fourth-order valence-electron chi connectivity index (χ4n) is 1.49. The zero-order valence-corrected chi connectivity index (χ0v) is 10.4. The summed E-state index contributed by atoms with van der Waals surface area (Å²) in [6.45, 7) is 1.68. The van der Waals surface area contributed by atoms with Crippen LogP contribution < -0.4 is 10.6 Å². The number of hydrogen-bond acceptors (Lipinski definition) is 4. The molecule has 1 unspecified atom stereocenters. The summed E-state index contributed by atoms with van der Waals surface area (Å²) in [6, 6.07) is 9.87. The largest absolute Gasteiger partial charge is 0.389 e. The number of carbonyl (C=O) groups is 1. The molecule has 2 aromatic rings. The standard InChI is InChI=1S/C13H14N4O2/c1-9(18)10-4-6-11(7-5-10)15-13(19)16-12-3-2-8-14-17-12/h2-9,18H,1H3,(H2,15,16,17,19). The van der Waals surface area contributed by atoms with E-state index < -0.39 is 12.1 Å². The van der Waals surface area contributed by atoms with Crippen molar-refractivity contribution in [3.8, 4) is 0 Å². The van der Waals surface area contributed by atoms with E-state index in [9.17, 15) is 9.90 Å². The Morgan fingerprint density at radius 3 is 2.53 bits per heavy atom. The molecule has 2 amide bonds. The highest BCUT2D eigenvalue weighted by Crippen LogP contribution is 2.15. The molecule has 19 heavy (non-hydrogen) atoms. The fraction of sp³-hybridized carbons (Fsp3) is 0.154. The highest BCUT2D eigenvalue weighted by molar-refractivity contribution is 5.99. The summed E-state index contributed by atoms with van der Waals surface area (Å²) in [5.41, 5.74) is 1.42. The molecule has 1 heterocycles. The number of anilines is 2. The van der Waals surface area contributed by atoms with E-state index >= 15 is 0 Å². The molecule has 0 aliphatic heterocycles. The summed E-state index contributed by atoms with van der Waals surface area (Å²) in [6.07, 6.45) is 1.00. The zero-order valence-electron chi connectivity index (χ0n) is 10.4. The van der Waals surface area contributed by atoms with Gasteiger partial charge in [-0.15, -0.1) is 5.10 Å². The van der Waals surface area contributed by atoms with Crippen LogP contribution in [0, 0.1) is 0 Å². The maximum atomic E-state index is 11.7. The summed E-state index contributed by atoms with van der Waals surface area (Å²) >= 11 is 0. The number of urea groups is 1. The van der Waals surface area contributed by atoms with Crippen LogP contribution in [0.5, 0.6) is 0 Å². The van der Waals surface area contributed by atoms with E-state index in [-0.39, 0.29) is 0 Å². The first-order valence-corrected chi connectivity index (χ1v) is 5.79. The lowest BCUT2D eigenvalue weighted by Crippen LogP contribution is -2.20. The summed E-state index contributed by atoms with van der Waals surface area (Å²) in [7, 11) is 0. The van der Waals surface area contributed by atoms with E-state index in [1.165, 1.54) is 6.20 Å². The second kappa shape index (κ2) is 5.92. The van der Waals surface area contributed by atoms with Gasteiger partial charge in [-0.05, 0) is 36.8 Å². The molecule has 0 radical (unpaired) electrons. The quantitative estimate of drug-likeness (QED) is 0.787. The number of aliphatic hydroxyl groups is 1. The van der Waals surface area contributed by atoms with Gasteiger partial charge in [0.1, 0.15) is 0 Å². The molecule has 0 aliphatic rings. The van der Waals surface area contributed by atoms with Gasteiger partial charge < -0.3 is 10.4 Å². The first-order chi connectivity index (χ1) is 9.15. The molecule has 1 aromatic carbocycles. The third-order valence-electron chi connectivity index (χ3n) is 2.46. The minimum absolute atomic E-state index is 0.376. The smallest absolute Gasteiger partial charge is 0.324 e. The van der Waals surface area contributed by atoms with Crippen molar-refractivity contribution in [3.63, 3.8) is 0 Å². The molecular formula is C13H14N4O2. The van der Waals surface area contributed by atoms with E-state index in [0.29, 0.717) is 11.5 Å². The van der Waals surface area contributed by atoms with Gasteiger partial charge in [0.15, 0.2) is 5.82 Å². The fourth-order valence-corrected chi connectivity index (χ4v) is 1.49. The van der Waals surface area contributed by atoms with Crippen molar-refractivity contribution in [2.24, 2.45) is 0 Å². The van der Waals surface area contributed by atoms with Crippen LogP contribution >= 0.6 is 0 Å². The zero-order chi connectivity index (χ0) is 13.7. The van der Waals surface area contributed by atoms with E-state index in [0.717, 1.165) is 5.56 Å². The third kappa shape index (κ3) is 3.75. The summed E-state index contributed by atoms with van der Waals surface area (Å²) in [5, 5.41) is 22.0. The molecule has 1 atom stereocenters. The predicted molar refractivity (Wildman–Crippen MR) is 71.7 cm³/mol. The number of nitrogens with zero attached hydrogens (tertiary/aromatic N) is 2. The Balaban J connectivity index is 1.95. The van der Waals surface area contributed by atoms with Gasteiger partial charge in [-0.2, -0.15) is 5.10 Å². The summed E-state index contributed by atoms with van der Waals surface area (Å²) in [4.78, 5) is 11.7. The Morgan fingerprint density at radius 1 is 1.21 bits per heavy atom. The minimum atomic E-state index is -0.525. The molecule has 6 heteroatoms. The van der Waals surface area contributed by atoms with Gasteiger partial charge in [0, 0.05) is 11.9 Å². The number of amides is 2. The van der Waals surface area contributed by atoms with Gasteiger partial charge >= 0.3 is 6.03 Å². The van der Waals surface area contributed by atoms with E-state index in [2.05, 4.69) is 20.8 Å². The van der Waals surface area contributed by atoms with Crippen LogP contribution in [0.15, 0.2) is 42.6 Å². The molecule has 0 saturated heterocycles. The first-order valence-electron chi connectivity index (χ1n) is 5.79. The lowest BCUT2D eigenvalue weighted by molar-refractivity contribution is 0.199. The number of hydrogen-bond donors (Lipinski definition) is 3.